The van der Waals surface area contributed by atoms with Gasteiger partial charge in [-0.1, -0.05) is 44.2 Å². The van der Waals surface area contributed by atoms with Crippen LogP contribution in [0.5, 0.6) is 0 Å². The fourth-order valence-corrected chi connectivity index (χ4v) is 2.39. The fourth-order valence-electron chi connectivity index (χ4n) is 2.39. The SMILES string of the molecule is CC(C)NCC(c1ccccc1)N(C)CC1CC1. The van der Waals surface area contributed by atoms with E-state index in [-0.39, 0.29) is 0 Å². The van der Waals surface area contributed by atoms with E-state index in [2.05, 4.69) is 61.4 Å². The Kier molecular flexibility index (Phi) is 4.79. The predicted molar refractivity (Wildman–Crippen MR) is 77.7 cm³/mol. The van der Waals surface area contributed by atoms with E-state index in [0.29, 0.717) is 12.1 Å². The number of rotatable bonds is 7. The van der Waals surface area contributed by atoms with Crippen molar-refractivity contribution in [1.29, 1.82) is 0 Å². The highest BCUT2D eigenvalue weighted by atomic mass is 15.2. The van der Waals surface area contributed by atoms with E-state index >= 15 is 0 Å². The standard InChI is InChI=1S/C16H26N2/c1-13(2)17-11-16(15-7-5-4-6-8-15)18(3)12-14-9-10-14/h4-8,13-14,16-17H,9-12H2,1-3H3. The summed E-state index contributed by atoms with van der Waals surface area (Å²) in [5, 5.41) is 3.58. The predicted octanol–water partition coefficient (Wildman–Crippen LogP) is 3.07. The Hall–Kier alpha value is -0.860. The molecule has 1 aliphatic rings. The Balaban J connectivity index is 2.01. The Bertz CT molecular complexity index is 343. The van der Waals surface area contributed by atoms with Crippen LogP contribution in [-0.4, -0.2) is 31.1 Å². The minimum atomic E-state index is 0.495. The first-order valence-corrected chi connectivity index (χ1v) is 7.15. The van der Waals surface area contributed by atoms with Gasteiger partial charge in [-0.05, 0) is 31.4 Å². The van der Waals surface area contributed by atoms with Gasteiger partial charge in [0.15, 0.2) is 0 Å². The molecule has 0 bridgehead atoms. The summed E-state index contributed by atoms with van der Waals surface area (Å²) in [7, 11) is 2.26. The average Bonchev–Trinajstić information content (AvgIpc) is 3.14. The highest BCUT2D eigenvalue weighted by Gasteiger charge is 2.26. The largest absolute Gasteiger partial charge is 0.313 e. The van der Waals surface area contributed by atoms with E-state index < -0.39 is 0 Å². The zero-order chi connectivity index (χ0) is 13.0. The second-order valence-corrected chi connectivity index (χ2v) is 5.87. The molecule has 0 saturated heterocycles. The molecular formula is C16H26N2. The molecule has 18 heavy (non-hydrogen) atoms. The molecule has 1 unspecified atom stereocenters. The van der Waals surface area contributed by atoms with Crippen molar-refractivity contribution in [3.8, 4) is 0 Å². The van der Waals surface area contributed by atoms with E-state index in [1.165, 1.54) is 24.9 Å². The molecule has 0 spiro atoms. The van der Waals surface area contributed by atoms with Gasteiger partial charge in [0.05, 0.1) is 0 Å². The Labute approximate surface area is 111 Å². The summed E-state index contributed by atoms with van der Waals surface area (Å²) >= 11 is 0. The van der Waals surface area contributed by atoms with Gasteiger partial charge < -0.3 is 5.32 Å². The molecular weight excluding hydrogens is 220 g/mol. The Morgan fingerprint density at radius 1 is 1.22 bits per heavy atom. The van der Waals surface area contributed by atoms with Crippen LogP contribution in [0.2, 0.25) is 0 Å². The smallest absolute Gasteiger partial charge is 0.0469 e. The van der Waals surface area contributed by atoms with Crippen LogP contribution in [-0.2, 0) is 0 Å². The summed E-state index contributed by atoms with van der Waals surface area (Å²) < 4.78 is 0. The van der Waals surface area contributed by atoms with Crippen molar-refractivity contribution in [2.45, 2.75) is 38.8 Å². The molecule has 2 nitrogen and oxygen atoms in total. The maximum Gasteiger partial charge on any atom is 0.0469 e. The number of likely N-dealkylation sites (N-methyl/N-ethyl adjacent to an activating group) is 1. The van der Waals surface area contributed by atoms with E-state index in [0.717, 1.165) is 12.5 Å². The zero-order valence-corrected chi connectivity index (χ0v) is 11.9. The van der Waals surface area contributed by atoms with Gasteiger partial charge in [0.25, 0.3) is 0 Å². The summed E-state index contributed by atoms with van der Waals surface area (Å²) in [6, 6.07) is 11.9. The number of benzene rings is 1. The summed E-state index contributed by atoms with van der Waals surface area (Å²) in [5.41, 5.74) is 1.42. The third-order valence-electron chi connectivity index (χ3n) is 3.68. The van der Waals surface area contributed by atoms with Crippen molar-refractivity contribution < 1.29 is 0 Å². The molecule has 0 aromatic heterocycles. The first kappa shape index (κ1) is 13.6. The molecule has 0 radical (unpaired) electrons. The third-order valence-corrected chi connectivity index (χ3v) is 3.68. The quantitative estimate of drug-likeness (QED) is 0.795. The molecule has 1 N–H and O–H groups in total. The number of nitrogens with zero attached hydrogens (tertiary/aromatic N) is 1. The minimum Gasteiger partial charge on any atom is -0.313 e. The lowest BCUT2D eigenvalue weighted by Gasteiger charge is -2.29. The van der Waals surface area contributed by atoms with Crippen LogP contribution in [0.25, 0.3) is 0 Å². The Morgan fingerprint density at radius 2 is 1.89 bits per heavy atom. The summed E-state index contributed by atoms with van der Waals surface area (Å²) in [5.74, 6) is 0.945. The van der Waals surface area contributed by atoms with Crippen molar-refractivity contribution in [2.24, 2.45) is 5.92 Å². The number of hydrogen-bond acceptors (Lipinski definition) is 2. The van der Waals surface area contributed by atoms with Crippen LogP contribution >= 0.6 is 0 Å². The highest BCUT2D eigenvalue weighted by Crippen LogP contribution is 2.31. The molecule has 1 fully saturated rings. The van der Waals surface area contributed by atoms with Crippen LogP contribution in [0, 0.1) is 5.92 Å². The average molecular weight is 246 g/mol. The molecule has 1 saturated carbocycles. The van der Waals surface area contributed by atoms with Gasteiger partial charge in [0, 0.05) is 25.2 Å². The van der Waals surface area contributed by atoms with E-state index in [9.17, 15) is 0 Å². The number of nitrogens with one attached hydrogen (secondary N) is 1. The van der Waals surface area contributed by atoms with Crippen LogP contribution < -0.4 is 5.32 Å². The third kappa shape index (κ3) is 4.11. The molecule has 2 rings (SSSR count). The van der Waals surface area contributed by atoms with Crippen LogP contribution in [0.4, 0.5) is 0 Å². The molecule has 0 aliphatic heterocycles. The van der Waals surface area contributed by atoms with Crippen LogP contribution in [0.15, 0.2) is 30.3 Å². The van der Waals surface area contributed by atoms with Gasteiger partial charge in [-0.2, -0.15) is 0 Å². The highest BCUT2D eigenvalue weighted by molar-refractivity contribution is 5.19. The van der Waals surface area contributed by atoms with Gasteiger partial charge in [-0.25, -0.2) is 0 Å². The minimum absolute atomic E-state index is 0.495. The number of hydrogen-bond donors (Lipinski definition) is 1. The molecule has 0 amide bonds. The maximum absolute atomic E-state index is 3.58. The molecule has 2 heteroatoms. The first-order chi connectivity index (χ1) is 8.66. The van der Waals surface area contributed by atoms with Gasteiger partial charge in [-0.15, -0.1) is 0 Å². The van der Waals surface area contributed by atoms with E-state index in [1.54, 1.807) is 0 Å². The van der Waals surface area contributed by atoms with Crippen molar-refractivity contribution in [3.63, 3.8) is 0 Å². The van der Waals surface area contributed by atoms with Gasteiger partial charge >= 0.3 is 0 Å². The normalized spacial score (nSPS) is 17.4. The first-order valence-electron chi connectivity index (χ1n) is 7.15. The van der Waals surface area contributed by atoms with Crippen LogP contribution in [0.3, 0.4) is 0 Å². The lowest BCUT2D eigenvalue weighted by atomic mass is 10.0. The van der Waals surface area contributed by atoms with Gasteiger partial charge in [0.1, 0.15) is 0 Å². The summed E-state index contributed by atoms with van der Waals surface area (Å²) in [4.78, 5) is 2.52. The van der Waals surface area contributed by atoms with Gasteiger partial charge in [-0.3, -0.25) is 4.90 Å². The second kappa shape index (κ2) is 6.35. The van der Waals surface area contributed by atoms with Crippen molar-refractivity contribution >= 4 is 0 Å². The van der Waals surface area contributed by atoms with Crippen molar-refractivity contribution in [1.82, 2.24) is 10.2 Å². The molecule has 1 aromatic carbocycles. The van der Waals surface area contributed by atoms with Crippen molar-refractivity contribution in [2.75, 3.05) is 20.1 Å². The molecule has 100 valence electrons. The fraction of sp³-hybridized carbons (Fsp3) is 0.625. The summed E-state index contributed by atoms with van der Waals surface area (Å²) in [6.07, 6.45) is 2.84. The lowest BCUT2D eigenvalue weighted by molar-refractivity contribution is 0.225. The monoisotopic (exact) mass is 246 g/mol. The molecule has 1 aliphatic carbocycles. The topological polar surface area (TPSA) is 15.3 Å². The molecule has 1 atom stereocenters. The molecule has 0 heterocycles. The molecule has 1 aromatic rings. The Morgan fingerprint density at radius 3 is 2.44 bits per heavy atom. The summed E-state index contributed by atoms with van der Waals surface area (Å²) in [6.45, 7) is 6.69. The zero-order valence-electron chi connectivity index (χ0n) is 11.9. The maximum atomic E-state index is 3.58. The lowest BCUT2D eigenvalue weighted by Crippen LogP contribution is -2.37. The van der Waals surface area contributed by atoms with E-state index in [1.807, 2.05) is 0 Å². The van der Waals surface area contributed by atoms with E-state index in [4.69, 9.17) is 0 Å². The van der Waals surface area contributed by atoms with Gasteiger partial charge in [0.2, 0.25) is 0 Å². The van der Waals surface area contributed by atoms with Crippen molar-refractivity contribution in [3.05, 3.63) is 35.9 Å². The second-order valence-electron chi connectivity index (χ2n) is 5.87. The van der Waals surface area contributed by atoms with Crippen LogP contribution in [0.1, 0.15) is 38.3 Å².